The highest BCUT2D eigenvalue weighted by Crippen LogP contribution is 2.14. The summed E-state index contributed by atoms with van der Waals surface area (Å²) >= 11 is 0. The van der Waals surface area contributed by atoms with E-state index in [1.165, 1.54) is 0 Å². The molecule has 0 spiro atoms. The summed E-state index contributed by atoms with van der Waals surface area (Å²) in [5.74, 6) is 2.73. The summed E-state index contributed by atoms with van der Waals surface area (Å²) in [6.45, 7) is 18.0. The van der Waals surface area contributed by atoms with E-state index in [9.17, 15) is 5.11 Å². The van der Waals surface area contributed by atoms with Crippen molar-refractivity contribution in [2.24, 2.45) is 0 Å². The summed E-state index contributed by atoms with van der Waals surface area (Å²) in [6, 6.07) is 37.3. The Labute approximate surface area is 274 Å². The molecule has 1 heterocycles. The van der Waals surface area contributed by atoms with E-state index in [-0.39, 0.29) is 20.6 Å². The molecule has 0 aromatic heterocycles. The minimum atomic E-state index is -0.648. The molecule has 1 aliphatic rings. The second-order valence-electron chi connectivity index (χ2n) is 7.82. The van der Waals surface area contributed by atoms with Gasteiger partial charge in [-0.25, -0.2) is 0 Å². The van der Waals surface area contributed by atoms with Gasteiger partial charge in [0, 0.05) is 0 Å². The lowest BCUT2D eigenvalue weighted by molar-refractivity contribution is 0.0626. The van der Waals surface area contributed by atoms with E-state index < -0.39 is 6.10 Å². The Balaban J connectivity index is -0.000000560. The molecular weight excluding hydrogens is 564 g/mol. The highest BCUT2D eigenvalue weighted by molar-refractivity contribution is 5.22. The monoisotopic (exact) mass is 624 g/mol. The molecule has 4 aromatic carbocycles. The summed E-state index contributed by atoms with van der Waals surface area (Å²) in [7, 11) is 0. The van der Waals surface area contributed by atoms with Gasteiger partial charge < -0.3 is 29.2 Å². The van der Waals surface area contributed by atoms with Gasteiger partial charge in [-0.05, 0) is 48.5 Å². The van der Waals surface area contributed by atoms with E-state index >= 15 is 0 Å². The molecule has 252 valence electrons. The maximum Gasteiger partial charge on any atom is 0.122 e. The second kappa shape index (κ2) is 34.5. The largest absolute Gasteiger partial charge is 0.508 e. The predicted octanol–water partition coefficient (Wildman–Crippen LogP) is 10.1. The standard InChI is InChI=1S/C15H16O3.C9H10O2.C6H6O.4C2H6.CH4/c16-13(11-17-14-7-3-1-4-8-14)12-18-15-9-5-2-6-10-15;1-2-4-8(5-3-1)10-6-9-7-11-9;7-6-4-2-1-3-5-6;4*1-2;/h1-10,13,16H,11-12H2;1-5,9H,6-7H2;1-5,7H;4*1-2H3;1H4. The first-order valence-corrected chi connectivity index (χ1v) is 15.8. The van der Waals surface area contributed by atoms with Crippen LogP contribution in [0.3, 0.4) is 0 Å². The summed E-state index contributed by atoms with van der Waals surface area (Å²) in [5, 5.41) is 18.4. The van der Waals surface area contributed by atoms with Crippen molar-refractivity contribution in [1.29, 1.82) is 0 Å². The van der Waals surface area contributed by atoms with Gasteiger partial charge in [0.2, 0.25) is 0 Å². The van der Waals surface area contributed by atoms with Crippen LogP contribution in [0.2, 0.25) is 0 Å². The zero-order chi connectivity index (χ0) is 33.3. The minimum absolute atomic E-state index is 0. The number of epoxide rings is 1. The molecule has 6 nitrogen and oxygen atoms in total. The fourth-order valence-corrected chi connectivity index (χ4v) is 2.76. The number of aliphatic hydroxyl groups excluding tert-OH is 1. The highest BCUT2D eigenvalue weighted by atomic mass is 16.6. The van der Waals surface area contributed by atoms with Gasteiger partial charge in [-0.2, -0.15) is 0 Å². The van der Waals surface area contributed by atoms with Crippen LogP contribution in [-0.2, 0) is 4.74 Å². The molecule has 0 radical (unpaired) electrons. The molecule has 1 aliphatic heterocycles. The van der Waals surface area contributed by atoms with Crippen LogP contribution in [0.15, 0.2) is 121 Å². The lowest BCUT2D eigenvalue weighted by Gasteiger charge is -2.13. The molecule has 1 saturated heterocycles. The molecule has 45 heavy (non-hydrogen) atoms. The second-order valence-corrected chi connectivity index (χ2v) is 7.82. The smallest absolute Gasteiger partial charge is 0.122 e. The van der Waals surface area contributed by atoms with E-state index in [1.54, 1.807) is 24.3 Å². The number of aliphatic hydroxyl groups is 1. The van der Waals surface area contributed by atoms with Crippen molar-refractivity contribution < 1.29 is 29.2 Å². The molecule has 1 atom stereocenters. The molecule has 0 bridgehead atoms. The van der Waals surface area contributed by atoms with E-state index in [2.05, 4.69) is 0 Å². The van der Waals surface area contributed by atoms with Crippen molar-refractivity contribution in [1.82, 2.24) is 0 Å². The van der Waals surface area contributed by atoms with Crippen LogP contribution in [0.1, 0.15) is 62.8 Å². The van der Waals surface area contributed by atoms with Crippen molar-refractivity contribution in [2.45, 2.75) is 75.0 Å². The molecule has 0 saturated carbocycles. The Morgan fingerprint density at radius 3 is 1.11 bits per heavy atom. The molecular formula is C39H60O6. The van der Waals surface area contributed by atoms with Crippen LogP contribution in [0.5, 0.6) is 23.0 Å². The maximum atomic E-state index is 9.72. The van der Waals surface area contributed by atoms with E-state index in [1.807, 2.05) is 152 Å². The average molecular weight is 625 g/mol. The van der Waals surface area contributed by atoms with Gasteiger partial charge in [0.25, 0.3) is 0 Å². The topological polar surface area (TPSA) is 80.7 Å². The lowest BCUT2D eigenvalue weighted by atomic mass is 10.3. The van der Waals surface area contributed by atoms with Crippen LogP contribution < -0.4 is 14.2 Å². The Bertz CT molecular complexity index is 1020. The Morgan fingerprint density at radius 1 is 0.556 bits per heavy atom. The Kier molecular flexibility index (Phi) is 34.8. The Morgan fingerprint density at radius 2 is 0.844 bits per heavy atom. The molecule has 0 amide bonds. The van der Waals surface area contributed by atoms with Crippen molar-refractivity contribution in [3.8, 4) is 23.0 Å². The normalized spacial score (nSPS) is 11.2. The van der Waals surface area contributed by atoms with E-state index in [0.29, 0.717) is 18.5 Å². The number of benzene rings is 4. The number of hydrogen-bond donors (Lipinski definition) is 2. The van der Waals surface area contributed by atoms with Crippen molar-refractivity contribution >= 4 is 0 Å². The highest BCUT2D eigenvalue weighted by Gasteiger charge is 2.22. The third kappa shape index (κ3) is 27.3. The molecule has 6 heteroatoms. The zero-order valence-electron chi connectivity index (χ0n) is 28.1. The minimum Gasteiger partial charge on any atom is -0.508 e. The van der Waals surface area contributed by atoms with Crippen LogP contribution in [0, 0.1) is 0 Å². The molecule has 1 unspecified atom stereocenters. The summed E-state index contributed by atoms with van der Waals surface area (Å²) < 4.78 is 21.3. The number of para-hydroxylation sites is 4. The van der Waals surface area contributed by atoms with Gasteiger partial charge in [0.15, 0.2) is 0 Å². The van der Waals surface area contributed by atoms with Crippen molar-refractivity contribution in [3.05, 3.63) is 121 Å². The first-order chi connectivity index (χ1) is 21.7. The average Bonchev–Trinajstić information content (AvgIpc) is 3.96. The maximum absolute atomic E-state index is 9.72. The summed E-state index contributed by atoms with van der Waals surface area (Å²) in [5.41, 5.74) is 0. The number of phenolic OH excluding ortho intramolecular Hbond substituents is 1. The molecule has 4 aromatic rings. The fraction of sp³-hybridized carbons (Fsp3) is 0.385. The first-order valence-electron chi connectivity index (χ1n) is 15.8. The quantitative estimate of drug-likeness (QED) is 0.180. The van der Waals surface area contributed by atoms with Crippen LogP contribution in [0.4, 0.5) is 0 Å². The number of hydrogen-bond acceptors (Lipinski definition) is 6. The molecule has 1 fully saturated rings. The van der Waals surface area contributed by atoms with Gasteiger partial charge in [-0.15, -0.1) is 0 Å². The van der Waals surface area contributed by atoms with Crippen LogP contribution in [0.25, 0.3) is 0 Å². The van der Waals surface area contributed by atoms with E-state index in [4.69, 9.17) is 24.1 Å². The van der Waals surface area contributed by atoms with Crippen LogP contribution in [-0.4, -0.2) is 48.8 Å². The van der Waals surface area contributed by atoms with Gasteiger partial charge in [0.05, 0.1) is 6.61 Å². The molecule has 5 rings (SSSR count). The van der Waals surface area contributed by atoms with Gasteiger partial charge in [-0.3, -0.25) is 0 Å². The van der Waals surface area contributed by atoms with Crippen molar-refractivity contribution in [3.63, 3.8) is 0 Å². The van der Waals surface area contributed by atoms with Gasteiger partial charge >= 0.3 is 0 Å². The van der Waals surface area contributed by atoms with Crippen LogP contribution >= 0.6 is 0 Å². The lowest BCUT2D eigenvalue weighted by Crippen LogP contribution is -2.25. The van der Waals surface area contributed by atoms with E-state index in [0.717, 1.165) is 23.9 Å². The Hall–Kier alpha value is -4.00. The first kappa shape index (κ1) is 45.4. The number of ether oxygens (including phenoxy) is 4. The third-order valence-electron chi connectivity index (χ3n) is 4.71. The van der Waals surface area contributed by atoms with Gasteiger partial charge in [-0.1, -0.05) is 136 Å². The molecule has 2 N–H and O–H groups in total. The molecule has 0 aliphatic carbocycles. The third-order valence-corrected chi connectivity index (χ3v) is 4.71. The van der Waals surface area contributed by atoms with Crippen molar-refractivity contribution in [2.75, 3.05) is 26.4 Å². The zero-order valence-corrected chi connectivity index (χ0v) is 28.1. The fourth-order valence-electron chi connectivity index (χ4n) is 2.76. The number of aromatic hydroxyl groups is 1. The SMILES string of the molecule is C.CC.CC.CC.CC.OC(COc1ccccc1)COc1ccccc1.Oc1ccccc1.c1ccc(OCC2CO2)cc1. The van der Waals surface area contributed by atoms with Gasteiger partial charge in [0.1, 0.15) is 55.0 Å². The summed E-state index contributed by atoms with van der Waals surface area (Å²) in [4.78, 5) is 0. The predicted molar refractivity (Wildman–Crippen MR) is 192 cm³/mol. The number of phenols is 1. The summed E-state index contributed by atoms with van der Waals surface area (Å²) in [6.07, 6.45) is -0.305. The number of rotatable bonds is 9.